The number of benzene rings is 1. The highest BCUT2D eigenvalue weighted by Crippen LogP contribution is 2.30. The van der Waals surface area contributed by atoms with Crippen molar-refractivity contribution in [3.8, 4) is 11.5 Å². The Morgan fingerprint density at radius 1 is 0.967 bits per heavy atom. The van der Waals surface area contributed by atoms with Gasteiger partial charge in [-0.3, -0.25) is 0 Å². The van der Waals surface area contributed by atoms with Crippen LogP contribution in [-0.2, 0) is 25.4 Å². The summed E-state index contributed by atoms with van der Waals surface area (Å²) in [5.74, 6) is -0.175. The van der Waals surface area contributed by atoms with Crippen LogP contribution < -0.4 is 14.8 Å². The second-order valence-corrected chi connectivity index (χ2v) is 8.14. The third-order valence-electron chi connectivity index (χ3n) is 4.16. The van der Waals surface area contributed by atoms with Crippen LogP contribution >= 0.6 is 0 Å². The molecule has 1 atom stereocenters. The summed E-state index contributed by atoms with van der Waals surface area (Å²) in [7, 11) is 0. The van der Waals surface area contributed by atoms with Crippen LogP contribution in [0.5, 0.6) is 11.5 Å². The summed E-state index contributed by atoms with van der Waals surface area (Å²) >= 11 is 0. The van der Waals surface area contributed by atoms with Crippen LogP contribution in [0.4, 0.5) is 4.79 Å². The normalized spacial score (nSPS) is 17.6. The van der Waals surface area contributed by atoms with E-state index in [1.165, 1.54) is 6.92 Å². The molecule has 2 rings (SSSR count). The van der Waals surface area contributed by atoms with Gasteiger partial charge in [-0.25, -0.2) is 9.59 Å². The molecule has 0 fully saturated rings. The van der Waals surface area contributed by atoms with Crippen LogP contribution in [0.3, 0.4) is 0 Å². The molecule has 0 aliphatic carbocycles. The molecule has 0 aromatic heterocycles. The van der Waals surface area contributed by atoms with Gasteiger partial charge < -0.3 is 34.1 Å². The lowest BCUT2D eigenvalue weighted by Crippen LogP contribution is -2.54. The topological polar surface area (TPSA) is 113 Å². The smallest absolute Gasteiger partial charge is 0.408 e. The third kappa shape index (κ3) is 7.72. The second-order valence-electron chi connectivity index (χ2n) is 8.14. The summed E-state index contributed by atoms with van der Waals surface area (Å²) in [6, 6.07) is 5.16. The number of carbonyl (C=O) groups is 2. The Kier molecular flexibility index (Phi) is 8.31. The Labute approximate surface area is 176 Å². The van der Waals surface area contributed by atoms with E-state index in [2.05, 4.69) is 5.32 Å². The van der Waals surface area contributed by atoms with E-state index in [1.54, 1.807) is 39.0 Å². The van der Waals surface area contributed by atoms with Crippen molar-refractivity contribution < 1.29 is 38.4 Å². The zero-order valence-corrected chi connectivity index (χ0v) is 18.0. The minimum atomic E-state index is -1.57. The molecule has 0 saturated carbocycles. The maximum Gasteiger partial charge on any atom is 0.408 e. The molecule has 1 heterocycles. The van der Waals surface area contributed by atoms with Gasteiger partial charge in [-0.1, -0.05) is 6.07 Å². The summed E-state index contributed by atoms with van der Waals surface area (Å²) in [5.41, 5.74) is -1.65. The molecule has 0 radical (unpaired) electrons. The van der Waals surface area contributed by atoms with Crippen LogP contribution in [-0.4, -0.2) is 68.0 Å². The van der Waals surface area contributed by atoms with E-state index in [0.29, 0.717) is 56.7 Å². The van der Waals surface area contributed by atoms with Crippen molar-refractivity contribution >= 4 is 12.1 Å². The largest absolute Gasteiger partial charge is 0.487 e. The van der Waals surface area contributed by atoms with Crippen LogP contribution in [0.15, 0.2) is 18.2 Å². The molecule has 9 heteroatoms. The molecule has 0 spiro atoms. The number of aliphatic carboxylic acids is 1. The van der Waals surface area contributed by atoms with E-state index in [9.17, 15) is 14.7 Å². The molecule has 0 unspecified atom stereocenters. The van der Waals surface area contributed by atoms with Crippen LogP contribution in [0, 0.1) is 0 Å². The van der Waals surface area contributed by atoms with Gasteiger partial charge in [-0.05, 0) is 45.4 Å². The molecule has 1 aromatic carbocycles. The predicted octanol–water partition coefficient (Wildman–Crippen LogP) is 2.40. The number of fused-ring (bicyclic) bond motifs is 1. The number of ether oxygens (including phenoxy) is 5. The van der Waals surface area contributed by atoms with E-state index >= 15 is 0 Å². The quantitative estimate of drug-likeness (QED) is 0.756. The number of hydrogen-bond acceptors (Lipinski definition) is 7. The Hall–Kier alpha value is -2.52. The highest BCUT2D eigenvalue weighted by atomic mass is 16.6. The number of nitrogens with one attached hydrogen (secondary N) is 1. The van der Waals surface area contributed by atoms with Crippen molar-refractivity contribution in [2.45, 2.75) is 45.3 Å². The van der Waals surface area contributed by atoms with E-state index in [4.69, 9.17) is 23.7 Å². The minimum absolute atomic E-state index is 0.0256. The molecule has 1 aromatic rings. The van der Waals surface area contributed by atoms with Crippen molar-refractivity contribution in [3.05, 3.63) is 23.8 Å². The fraction of sp³-hybridized carbons (Fsp3) is 0.619. The average molecular weight is 425 g/mol. The summed E-state index contributed by atoms with van der Waals surface area (Å²) in [5, 5.41) is 12.2. The van der Waals surface area contributed by atoms with Crippen molar-refractivity contribution in [3.63, 3.8) is 0 Å². The van der Waals surface area contributed by atoms with Crippen molar-refractivity contribution in [1.82, 2.24) is 5.32 Å². The molecule has 0 bridgehead atoms. The fourth-order valence-corrected chi connectivity index (χ4v) is 2.75. The first-order valence-corrected chi connectivity index (χ1v) is 9.88. The molecule has 9 nitrogen and oxygen atoms in total. The minimum Gasteiger partial charge on any atom is -0.487 e. The molecular weight excluding hydrogens is 394 g/mol. The van der Waals surface area contributed by atoms with Gasteiger partial charge >= 0.3 is 12.1 Å². The van der Waals surface area contributed by atoms with E-state index in [-0.39, 0.29) is 6.42 Å². The van der Waals surface area contributed by atoms with Crippen LogP contribution in [0.25, 0.3) is 0 Å². The summed E-state index contributed by atoms with van der Waals surface area (Å²) in [4.78, 5) is 24.1. The van der Waals surface area contributed by atoms with Gasteiger partial charge in [-0.15, -0.1) is 0 Å². The number of hydrogen-bond donors (Lipinski definition) is 2. The van der Waals surface area contributed by atoms with E-state index < -0.39 is 23.2 Å². The van der Waals surface area contributed by atoms with Gasteiger partial charge in [-0.2, -0.15) is 0 Å². The highest BCUT2D eigenvalue weighted by molar-refractivity contribution is 5.84. The molecule has 1 aliphatic rings. The highest BCUT2D eigenvalue weighted by Gasteiger charge is 2.37. The van der Waals surface area contributed by atoms with E-state index in [1.807, 2.05) is 0 Å². The summed E-state index contributed by atoms with van der Waals surface area (Å²) in [6.45, 7) is 9.00. The van der Waals surface area contributed by atoms with Crippen molar-refractivity contribution in [2.24, 2.45) is 0 Å². The number of carboxylic acid groups (broad SMARTS) is 1. The van der Waals surface area contributed by atoms with Crippen LogP contribution in [0.2, 0.25) is 0 Å². The standard InChI is InChI=1S/C21H31NO8/c1-20(2,3)30-19(25)22-21(4,18(23)24)14-15-5-6-16-17(13-15)29-12-10-27-8-7-26-9-11-28-16/h5-6,13H,7-12,14H2,1-4H3,(H,22,25)(H,23,24)/t21-/m0/s1. The first kappa shape index (κ1) is 23.8. The van der Waals surface area contributed by atoms with Crippen LogP contribution in [0.1, 0.15) is 33.3 Å². The van der Waals surface area contributed by atoms with Gasteiger partial charge in [0.1, 0.15) is 24.4 Å². The van der Waals surface area contributed by atoms with Gasteiger partial charge in [0, 0.05) is 6.42 Å². The molecule has 1 aliphatic heterocycles. The SMILES string of the molecule is CC(C)(C)OC(=O)N[C@@](C)(Cc1ccc2c(c1)OCCOCCOCCO2)C(=O)O. The fourth-order valence-electron chi connectivity index (χ4n) is 2.75. The Morgan fingerprint density at radius 3 is 2.10 bits per heavy atom. The number of rotatable bonds is 4. The first-order valence-electron chi connectivity index (χ1n) is 9.88. The monoisotopic (exact) mass is 425 g/mol. The van der Waals surface area contributed by atoms with Crippen molar-refractivity contribution in [2.75, 3.05) is 39.6 Å². The molecule has 168 valence electrons. The lowest BCUT2D eigenvalue weighted by Gasteiger charge is -2.29. The number of alkyl carbamates (subject to hydrolysis) is 1. The molecule has 0 saturated heterocycles. The van der Waals surface area contributed by atoms with E-state index in [0.717, 1.165) is 0 Å². The zero-order chi connectivity index (χ0) is 22.2. The lowest BCUT2D eigenvalue weighted by atomic mass is 9.92. The predicted molar refractivity (Wildman–Crippen MR) is 108 cm³/mol. The maximum atomic E-state index is 12.1. The number of carboxylic acids is 1. The third-order valence-corrected chi connectivity index (χ3v) is 4.16. The Balaban J connectivity index is 2.17. The van der Waals surface area contributed by atoms with Gasteiger partial charge in [0.25, 0.3) is 0 Å². The molecule has 30 heavy (non-hydrogen) atoms. The van der Waals surface area contributed by atoms with Gasteiger partial charge in [0.15, 0.2) is 11.5 Å². The molecular formula is C21H31NO8. The maximum absolute atomic E-state index is 12.1. The number of carbonyl (C=O) groups excluding carboxylic acids is 1. The van der Waals surface area contributed by atoms with Crippen molar-refractivity contribution in [1.29, 1.82) is 0 Å². The lowest BCUT2D eigenvalue weighted by molar-refractivity contribution is -0.144. The Morgan fingerprint density at radius 2 is 1.53 bits per heavy atom. The first-order chi connectivity index (χ1) is 14.1. The molecule has 1 amide bonds. The Bertz CT molecular complexity index is 730. The van der Waals surface area contributed by atoms with Gasteiger partial charge in [0.05, 0.1) is 26.4 Å². The second kappa shape index (κ2) is 10.5. The average Bonchev–Trinajstić information content (AvgIpc) is 2.61. The summed E-state index contributed by atoms with van der Waals surface area (Å²) in [6.07, 6.45) is -0.770. The van der Waals surface area contributed by atoms with Gasteiger partial charge in [0.2, 0.25) is 0 Å². The molecule has 2 N–H and O–H groups in total. The zero-order valence-electron chi connectivity index (χ0n) is 18.0. The number of amides is 1. The summed E-state index contributed by atoms with van der Waals surface area (Å²) < 4.78 is 27.5.